The second-order valence-electron chi connectivity index (χ2n) is 5.41. The van der Waals surface area contributed by atoms with Gasteiger partial charge in [0, 0.05) is 12.6 Å². The molecule has 27 heavy (non-hydrogen) atoms. The molecular weight excluding hydrogens is 394 g/mol. The van der Waals surface area contributed by atoms with Gasteiger partial charge >= 0.3 is 0 Å². The summed E-state index contributed by atoms with van der Waals surface area (Å²) in [5.41, 5.74) is 0. The van der Waals surface area contributed by atoms with Gasteiger partial charge in [-0.1, -0.05) is 0 Å². The van der Waals surface area contributed by atoms with Gasteiger partial charge in [-0.2, -0.15) is 0 Å². The van der Waals surface area contributed by atoms with Crippen LogP contribution in [-0.2, 0) is 19.9 Å². The zero-order valence-electron chi connectivity index (χ0n) is 15.1. The molecule has 0 heterocycles. The number of ether oxygens (including phenoxy) is 3. The number of methoxy groups -OCH3 is 3. The third-order valence-electron chi connectivity index (χ3n) is 3.75. The molecule has 0 fully saturated rings. The second kappa shape index (κ2) is 8.59. The van der Waals surface area contributed by atoms with Crippen LogP contribution in [0.5, 0.6) is 17.2 Å². The first-order valence-corrected chi connectivity index (χ1v) is 11.0. The topological polar surface area (TPSA) is 108 Å². The molecule has 0 amide bonds. The molecule has 0 aliphatic carbocycles. The average Bonchev–Trinajstić information content (AvgIpc) is 2.67. The number of rotatable bonds is 9. The minimum Gasteiger partial charge on any atom is -0.497 e. The number of hydrogen-bond acceptors (Lipinski definition) is 7. The van der Waals surface area contributed by atoms with Gasteiger partial charge in [-0.05, 0) is 36.4 Å². The van der Waals surface area contributed by atoms with Gasteiger partial charge in [0.1, 0.15) is 5.75 Å². The molecule has 0 bridgehead atoms. The molecule has 0 saturated carbocycles. The third-order valence-corrected chi connectivity index (χ3v) is 6.94. The van der Waals surface area contributed by atoms with Crippen molar-refractivity contribution in [3.63, 3.8) is 0 Å². The second-order valence-corrected chi connectivity index (χ2v) is 9.29. The van der Waals surface area contributed by atoms with Crippen LogP contribution in [0, 0.1) is 0 Å². The first kappa shape index (κ1) is 21.0. The molecule has 0 saturated heterocycles. The Hall–Kier alpha value is -2.30. The summed E-state index contributed by atoms with van der Waals surface area (Å²) in [6.07, 6.45) is 0. The van der Waals surface area contributed by atoms with Crippen molar-refractivity contribution < 1.29 is 31.0 Å². The highest BCUT2D eigenvalue weighted by molar-refractivity contribution is 7.91. The normalized spacial score (nSPS) is 11.8. The van der Waals surface area contributed by atoms with E-state index >= 15 is 0 Å². The fourth-order valence-corrected chi connectivity index (χ4v) is 4.61. The fourth-order valence-electron chi connectivity index (χ4n) is 2.28. The van der Waals surface area contributed by atoms with Crippen molar-refractivity contribution in [3.05, 3.63) is 42.5 Å². The molecule has 2 rings (SSSR count). The van der Waals surface area contributed by atoms with Crippen LogP contribution < -0.4 is 18.9 Å². The maximum absolute atomic E-state index is 12.4. The average molecular weight is 415 g/mol. The fraction of sp³-hybridized carbons (Fsp3) is 0.294. The van der Waals surface area contributed by atoms with Gasteiger partial charge in [-0.25, -0.2) is 21.6 Å². The summed E-state index contributed by atoms with van der Waals surface area (Å²) < 4.78 is 66.8. The molecule has 0 spiro atoms. The van der Waals surface area contributed by atoms with E-state index in [2.05, 4.69) is 4.72 Å². The number of sulfone groups is 1. The molecule has 0 atom stereocenters. The summed E-state index contributed by atoms with van der Waals surface area (Å²) in [6.45, 7) is -0.273. The maximum atomic E-state index is 12.4. The van der Waals surface area contributed by atoms with Gasteiger partial charge < -0.3 is 14.2 Å². The highest BCUT2D eigenvalue weighted by Crippen LogP contribution is 2.29. The van der Waals surface area contributed by atoms with Gasteiger partial charge in [0.2, 0.25) is 10.0 Å². The Morgan fingerprint density at radius 3 is 1.93 bits per heavy atom. The van der Waals surface area contributed by atoms with E-state index in [1.165, 1.54) is 63.8 Å². The molecule has 0 unspecified atom stereocenters. The van der Waals surface area contributed by atoms with Crippen molar-refractivity contribution in [1.82, 2.24) is 4.72 Å². The molecule has 10 heteroatoms. The Balaban J connectivity index is 2.08. The molecule has 2 aromatic carbocycles. The minimum absolute atomic E-state index is 0.0537. The Morgan fingerprint density at radius 1 is 0.778 bits per heavy atom. The highest BCUT2D eigenvalue weighted by atomic mass is 32.2. The first-order chi connectivity index (χ1) is 12.7. The van der Waals surface area contributed by atoms with E-state index in [9.17, 15) is 16.8 Å². The SMILES string of the molecule is COc1ccc(S(=O)(=O)CCNS(=O)(=O)c2ccc(OC)c(OC)c2)cc1. The summed E-state index contributed by atoms with van der Waals surface area (Å²) in [4.78, 5) is 0.0376. The molecule has 1 N–H and O–H groups in total. The van der Waals surface area contributed by atoms with E-state index in [0.717, 1.165) is 0 Å². The van der Waals surface area contributed by atoms with Crippen molar-refractivity contribution in [1.29, 1.82) is 0 Å². The minimum atomic E-state index is -3.90. The van der Waals surface area contributed by atoms with Crippen molar-refractivity contribution in [2.45, 2.75) is 9.79 Å². The largest absolute Gasteiger partial charge is 0.497 e. The van der Waals surface area contributed by atoms with Crippen LogP contribution >= 0.6 is 0 Å². The zero-order chi connectivity index (χ0) is 20.1. The Bertz CT molecular complexity index is 984. The van der Waals surface area contributed by atoms with Crippen LogP contribution in [0.1, 0.15) is 0 Å². The van der Waals surface area contributed by atoms with E-state index in [1.807, 2.05) is 0 Å². The van der Waals surface area contributed by atoms with Crippen LogP contribution in [0.4, 0.5) is 0 Å². The number of hydrogen-bond donors (Lipinski definition) is 1. The lowest BCUT2D eigenvalue weighted by Crippen LogP contribution is -2.29. The highest BCUT2D eigenvalue weighted by Gasteiger charge is 2.19. The Morgan fingerprint density at radius 2 is 1.37 bits per heavy atom. The number of sulfonamides is 1. The summed E-state index contributed by atoms with van der Waals surface area (Å²) in [5, 5.41) is 0. The van der Waals surface area contributed by atoms with Gasteiger partial charge in [0.15, 0.2) is 21.3 Å². The van der Waals surface area contributed by atoms with E-state index in [1.54, 1.807) is 0 Å². The molecule has 0 aliphatic heterocycles. The van der Waals surface area contributed by atoms with Crippen LogP contribution in [0.2, 0.25) is 0 Å². The Kier molecular flexibility index (Phi) is 6.68. The quantitative estimate of drug-likeness (QED) is 0.661. The first-order valence-electron chi connectivity index (χ1n) is 7.82. The van der Waals surface area contributed by atoms with Crippen LogP contribution in [0.25, 0.3) is 0 Å². The van der Waals surface area contributed by atoms with E-state index in [0.29, 0.717) is 11.5 Å². The lowest BCUT2D eigenvalue weighted by atomic mass is 10.3. The molecule has 2 aromatic rings. The summed E-state index contributed by atoms with van der Waals surface area (Å²) >= 11 is 0. The third kappa shape index (κ3) is 5.12. The van der Waals surface area contributed by atoms with Crippen LogP contribution in [-0.4, -0.2) is 50.5 Å². The lowest BCUT2D eigenvalue weighted by molar-refractivity contribution is 0.354. The van der Waals surface area contributed by atoms with Crippen molar-refractivity contribution in [3.8, 4) is 17.2 Å². The predicted molar refractivity (Wildman–Crippen MR) is 99.8 cm³/mol. The van der Waals surface area contributed by atoms with Crippen LogP contribution in [0.3, 0.4) is 0 Å². The summed E-state index contributed by atoms with van der Waals surface area (Å²) in [7, 11) is -3.23. The molecule has 0 aliphatic rings. The van der Waals surface area contributed by atoms with Gasteiger partial charge in [0.25, 0.3) is 0 Å². The molecular formula is C17H21NO7S2. The molecule has 0 radical (unpaired) electrons. The smallest absolute Gasteiger partial charge is 0.240 e. The number of benzene rings is 2. The standard InChI is InChI=1S/C17H21NO7S2/c1-23-13-4-6-14(7-5-13)26(19,20)11-10-18-27(21,22)15-8-9-16(24-2)17(12-15)25-3/h4-9,12,18H,10-11H2,1-3H3. The molecule has 0 aromatic heterocycles. The van der Waals surface area contributed by atoms with Crippen molar-refractivity contribution >= 4 is 19.9 Å². The van der Waals surface area contributed by atoms with Gasteiger partial charge in [-0.3, -0.25) is 0 Å². The Labute approximate surface area is 159 Å². The number of nitrogens with one attached hydrogen (secondary N) is 1. The monoisotopic (exact) mass is 415 g/mol. The van der Waals surface area contributed by atoms with Crippen molar-refractivity contribution in [2.75, 3.05) is 33.6 Å². The molecule has 148 valence electrons. The lowest BCUT2D eigenvalue weighted by Gasteiger charge is -2.11. The van der Waals surface area contributed by atoms with E-state index in [-0.39, 0.29) is 27.8 Å². The summed E-state index contributed by atoms with van der Waals surface area (Å²) in [6, 6.07) is 10.00. The maximum Gasteiger partial charge on any atom is 0.240 e. The van der Waals surface area contributed by atoms with Gasteiger partial charge in [0.05, 0.1) is 36.9 Å². The molecule has 8 nitrogen and oxygen atoms in total. The van der Waals surface area contributed by atoms with E-state index in [4.69, 9.17) is 14.2 Å². The van der Waals surface area contributed by atoms with E-state index < -0.39 is 19.9 Å². The zero-order valence-corrected chi connectivity index (χ0v) is 16.8. The van der Waals surface area contributed by atoms with Gasteiger partial charge in [-0.15, -0.1) is 0 Å². The van der Waals surface area contributed by atoms with Crippen molar-refractivity contribution in [2.24, 2.45) is 0 Å². The van der Waals surface area contributed by atoms with Crippen LogP contribution in [0.15, 0.2) is 52.3 Å². The summed E-state index contributed by atoms with van der Waals surface area (Å²) in [5.74, 6) is 0.791. The predicted octanol–water partition coefficient (Wildman–Crippen LogP) is 1.46.